The molecule has 0 nitrogen and oxygen atoms in total. The predicted molar refractivity (Wildman–Crippen MR) is 48.4 cm³/mol. The fraction of sp³-hybridized carbons (Fsp3) is 1.00. The molecule has 2 saturated carbocycles. The number of fused-ring (bicyclic) bond motifs is 1. The first kappa shape index (κ1) is 7.64. The molecule has 0 radical (unpaired) electrons. The van der Waals surface area contributed by atoms with Crippen molar-refractivity contribution in [2.75, 3.05) is 0 Å². The average molecular weight is 152 g/mol. The second kappa shape index (κ2) is 2.24. The molecule has 0 spiro atoms. The monoisotopic (exact) mass is 152 g/mol. The molecule has 2 unspecified atom stereocenters. The molecule has 0 aromatic rings. The van der Waals surface area contributed by atoms with Crippen molar-refractivity contribution in [2.45, 2.75) is 46.5 Å². The van der Waals surface area contributed by atoms with E-state index in [9.17, 15) is 0 Å². The van der Waals surface area contributed by atoms with Gasteiger partial charge in [-0.1, -0.05) is 33.6 Å². The topological polar surface area (TPSA) is 0 Å². The molecule has 0 N–H and O–H groups in total. The zero-order valence-corrected chi connectivity index (χ0v) is 8.06. The molecule has 64 valence electrons. The minimum atomic E-state index is 0.649. The maximum Gasteiger partial charge on any atom is -0.0301 e. The fourth-order valence-corrected chi connectivity index (χ4v) is 3.22. The van der Waals surface area contributed by atoms with E-state index in [1.54, 1.807) is 12.8 Å². The second-order valence-corrected chi connectivity index (χ2v) is 5.13. The summed E-state index contributed by atoms with van der Waals surface area (Å²) >= 11 is 0. The zero-order valence-electron chi connectivity index (χ0n) is 8.06. The molecule has 11 heavy (non-hydrogen) atoms. The van der Waals surface area contributed by atoms with E-state index in [4.69, 9.17) is 0 Å². The highest BCUT2D eigenvalue weighted by Crippen LogP contribution is 2.65. The molecule has 2 atom stereocenters. The molecule has 2 aliphatic rings. The quantitative estimate of drug-likeness (QED) is 0.568. The first-order valence-corrected chi connectivity index (χ1v) is 5.17. The molecule has 0 aromatic heterocycles. The van der Waals surface area contributed by atoms with E-state index >= 15 is 0 Å². The average Bonchev–Trinajstić information content (AvgIpc) is 2.49. The standard InChI is InChI=1S/C11H20/c1-4-11(2,3)10-8-6-5-7-9(8)10/h8-10H,4-7H2,1-3H3. The lowest BCUT2D eigenvalue weighted by Gasteiger charge is -2.24. The van der Waals surface area contributed by atoms with Crippen molar-refractivity contribution in [1.82, 2.24) is 0 Å². The molecule has 0 heteroatoms. The normalized spacial score (nSPS) is 42.3. The maximum absolute atomic E-state index is 2.45. The van der Waals surface area contributed by atoms with Gasteiger partial charge in [0.1, 0.15) is 0 Å². The van der Waals surface area contributed by atoms with E-state index in [1.165, 1.54) is 12.8 Å². The molecule has 2 rings (SSSR count). The van der Waals surface area contributed by atoms with Crippen LogP contribution in [-0.2, 0) is 0 Å². The second-order valence-electron chi connectivity index (χ2n) is 5.13. The highest BCUT2D eigenvalue weighted by atomic mass is 14.6. The summed E-state index contributed by atoms with van der Waals surface area (Å²) in [5, 5.41) is 0. The highest BCUT2D eigenvalue weighted by Gasteiger charge is 2.57. The number of hydrogen-bond donors (Lipinski definition) is 0. The Morgan fingerprint density at radius 1 is 1.18 bits per heavy atom. The Labute approximate surface area is 70.4 Å². The van der Waals surface area contributed by atoms with E-state index in [-0.39, 0.29) is 0 Å². The van der Waals surface area contributed by atoms with Crippen LogP contribution in [0.15, 0.2) is 0 Å². The summed E-state index contributed by atoms with van der Waals surface area (Å²) in [7, 11) is 0. The molecule has 0 amide bonds. The SMILES string of the molecule is CCC(C)(C)C1C2CCCC21. The number of rotatable bonds is 2. The van der Waals surface area contributed by atoms with Gasteiger partial charge in [0, 0.05) is 0 Å². The molecular formula is C11H20. The smallest absolute Gasteiger partial charge is 0.0301 e. The predicted octanol–water partition coefficient (Wildman–Crippen LogP) is 3.47. The Kier molecular flexibility index (Phi) is 1.56. The van der Waals surface area contributed by atoms with Crippen molar-refractivity contribution in [1.29, 1.82) is 0 Å². The van der Waals surface area contributed by atoms with Crippen molar-refractivity contribution in [3.8, 4) is 0 Å². The van der Waals surface area contributed by atoms with Gasteiger partial charge in [0.05, 0.1) is 0 Å². The Morgan fingerprint density at radius 3 is 2.18 bits per heavy atom. The van der Waals surface area contributed by atoms with Crippen LogP contribution in [0.4, 0.5) is 0 Å². The van der Waals surface area contributed by atoms with Crippen molar-refractivity contribution < 1.29 is 0 Å². The van der Waals surface area contributed by atoms with Crippen LogP contribution in [0, 0.1) is 23.2 Å². The van der Waals surface area contributed by atoms with Crippen molar-refractivity contribution >= 4 is 0 Å². The van der Waals surface area contributed by atoms with Gasteiger partial charge >= 0.3 is 0 Å². The Hall–Kier alpha value is 0. The molecule has 0 heterocycles. The summed E-state index contributed by atoms with van der Waals surface area (Å²) in [6, 6.07) is 0. The van der Waals surface area contributed by atoms with Gasteiger partial charge in [0.2, 0.25) is 0 Å². The summed E-state index contributed by atoms with van der Waals surface area (Å²) in [5.74, 6) is 3.39. The lowest BCUT2D eigenvalue weighted by molar-refractivity contribution is 0.256. The molecule has 0 saturated heterocycles. The minimum Gasteiger partial charge on any atom is -0.0649 e. The molecular weight excluding hydrogens is 132 g/mol. The van der Waals surface area contributed by atoms with Crippen LogP contribution in [0.5, 0.6) is 0 Å². The van der Waals surface area contributed by atoms with Gasteiger partial charge in [0.15, 0.2) is 0 Å². The van der Waals surface area contributed by atoms with Crippen LogP contribution in [0.3, 0.4) is 0 Å². The molecule has 0 aliphatic heterocycles. The zero-order chi connectivity index (χ0) is 8.06. The van der Waals surface area contributed by atoms with E-state index in [0.29, 0.717) is 5.41 Å². The first-order chi connectivity index (χ1) is 5.17. The van der Waals surface area contributed by atoms with E-state index in [1.807, 2.05) is 0 Å². The minimum absolute atomic E-state index is 0.649. The van der Waals surface area contributed by atoms with Crippen LogP contribution < -0.4 is 0 Å². The molecule has 0 aromatic carbocycles. The Morgan fingerprint density at radius 2 is 1.73 bits per heavy atom. The van der Waals surface area contributed by atoms with E-state index < -0.39 is 0 Å². The van der Waals surface area contributed by atoms with Gasteiger partial charge in [-0.3, -0.25) is 0 Å². The third-order valence-electron chi connectivity index (χ3n) is 4.22. The van der Waals surface area contributed by atoms with Gasteiger partial charge in [0.25, 0.3) is 0 Å². The van der Waals surface area contributed by atoms with Gasteiger partial charge in [-0.05, 0) is 36.0 Å². The first-order valence-electron chi connectivity index (χ1n) is 5.17. The van der Waals surface area contributed by atoms with Crippen LogP contribution >= 0.6 is 0 Å². The van der Waals surface area contributed by atoms with Crippen LogP contribution in [0.2, 0.25) is 0 Å². The third-order valence-corrected chi connectivity index (χ3v) is 4.22. The molecule has 0 bridgehead atoms. The summed E-state index contributed by atoms with van der Waals surface area (Å²) in [6.07, 6.45) is 5.97. The fourth-order valence-electron chi connectivity index (χ4n) is 3.22. The van der Waals surface area contributed by atoms with Gasteiger partial charge in [-0.2, -0.15) is 0 Å². The lowest BCUT2D eigenvalue weighted by Crippen LogP contribution is -2.15. The van der Waals surface area contributed by atoms with Crippen molar-refractivity contribution in [3.63, 3.8) is 0 Å². The molecule has 2 fully saturated rings. The Balaban J connectivity index is 1.99. The van der Waals surface area contributed by atoms with E-state index in [2.05, 4.69) is 20.8 Å². The highest BCUT2D eigenvalue weighted by molar-refractivity contribution is 5.06. The maximum atomic E-state index is 2.45. The van der Waals surface area contributed by atoms with Crippen LogP contribution in [-0.4, -0.2) is 0 Å². The van der Waals surface area contributed by atoms with Crippen molar-refractivity contribution in [2.24, 2.45) is 23.2 Å². The number of hydrogen-bond acceptors (Lipinski definition) is 0. The lowest BCUT2D eigenvalue weighted by atomic mass is 9.81. The largest absolute Gasteiger partial charge is 0.0649 e. The third kappa shape index (κ3) is 1.02. The summed E-state index contributed by atoms with van der Waals surface area (Å²) < 4.78 is 0. The summed E-state index contributed by atoms with van der Waals surface area (Å²) in [4.78, 5) is 0. The van der Waals surface area contributed by atoms with Crippen LogP contribution in [0.25, 0.3) is 0 Å². The molecule has 2 aliphatic carbocycles. The van der Waals surface area contributed by atoms with Gasteiger partial charge < -0.3 is 0 Å². The van der Waals surface area contributed by atoms with Gasteiger partial charge in [-0.15, -0.1) is 0 Å². The van der Waals surface area contributed by atoms with Crippen molar-refractivity contribution in [3.05, 3.63) is 0 Å². The van der Waals surface area contributed by atoms with Crippen LogP contribution in [0.1, 0.15) is 46.5 Å². The Bertz CT molecular complexity index is 147. The van der Waals surface area contributed by atoms with Gasteiger partial charge in [-0.25, -0.2) is 0 Å². The summed E-state index contributed by atoms with van der Waals surface area (Å²) in [5.41, 5.74) is 0.649. The summed E-state index contributed by atoms with van der Waals surface area (Å²) in [6.45, 7) is 7.25. The van der Waals surface area contributed by atoms with E-state index in [0.717, 1.165) is 17.8 Å².